The number of nitrogens with two attached hydrogens (primary N) is 1. The number of nitrogen functional groups attached to an aromatic ring is 1. The SMILES string of the molecule is Nc1ccc(NCCO)c2c1C=NN(O)C2. The Balaban J connectivity index is 2.37. The van der Waals surface area contributed by atoms with Crippen LogP contribution in [-0.4, -0.2) is 34.9 Å². The Bertz CT molecular complexity index is 420. The van der Waals surface area contributed by atoms with Gasteiger partial charge in [-0.1, -0.05) is 0 Å². The van der Waals surface area contributed by atoms with Gasteiger partial charge in [-0.3, -0.25) is 5.21 Å². The molecule has 5 N–H and O–H groups in total. The molecule has 0 aromatic heterocycles. The zero-order chi connectivity index (χ0) is 11.5. The molecule has 0 radical (unpaired) electrons. The van der Waals surface area contributed by atoms with Crippen LogP contribution >= 0.6 is 0 Å². The number of hydroxylamine groups is 1. The highest BCUT2D eigenvalue weighted by atomic mass is 16.5. The van der Waals surface area contributed by atoms with Crippen molar-refractivity contribution in [1.29, 1.82) is 0 Å². The first-order chi connectivity index (χ1) is 7.72. The highest BCUT2D eigenvalue weighted by Gasteiger charge is 2.16. The van der Waals surface area contributed by atoms with Gasteiger partial charge in [-0.05, 0) is 12.1 Å². The molecule has 0 fully saturated rings. The number of nitrogens with zero attached hydrogens (tertiary/aromatic N) is 2. The van der Waals surface area contributed by atoms with Crippen molar-refractivity contribution >= 4 is 17.6 Å². The Morgan fingerprint density at radius 1 is 1.50 bits per heavy atom. The number of hydrogen-bond donors (Lipinski definition) is 4. The van der Waals surface area contributed by atoms with Gasteiger partial charge in [0.25, 0.3) is 0 Å². The molecule has 0 bridgehead atoms. The van der Waals surface area contributed by atoms with Crippen LogP contribution in [0.15, 0.2) is 17.2 Å². The summed E-state index contributed by atoms with van der Waals surface area (Å²) in [5.74, 6) is 0. The summed E-state index contributed by atoms with van der Waals surface area (Å²) in [6, 6.07) is 3.61. The first-order valence-corrected chi connectivity index (χ1v) is 4.99. The maximum Gasteiger partial charge on any atom is 0.0923 e. The van der Waals surface area contributed by atoms with Gasteiger partial charge in [-0.25, -0.2) is 0 Å². The van der Waals surface area contributed by atoms with Gasteiger partial charge < -0.3 is 16.2 Å². The molecular weight excluding hydrogens is 208 g/mol. The summed E-state index contributed by atoms with van der Waals surface area (Å²) in [6.45, 7) is 0.791. The maximum atomic E-state index is 9.31. The molecule has 6 nitrogen and oxygen atoms in total. The van der Waals surface area contributed by atoms with Crippen molar-refractivity contribution in [2.45, 2.75) is 6.54 Å². The van der Waals surface area contributed by atoms with E-state index in [1.165, 1.54) is 6.21 Å². The topological polar surface area (TPSA) is 94.1 Å². The molecule has 86 valence electrons. The summed E-state index contributed by atoms with van der Waals surface area (Å²) in [4.78, 5) is 0. The summed E-state index contributed by atoms with van der Waals surface area (Å²) >= 11 is 0. The molecule has 0 saturated heterocycles. The molecule has 1 aliphatic heterocycles. The minimum Gasteiger partial charge on any atom is -0.398 e. The highest BCUT2D eigenvalue weighted by Crippen LogP contribution is 2.27. The van der Waals surface area contributed by atoms with Crippen LogP contribution in [0, 0.1) is 0 Å². The molecule has 0 atom stereocenters. The van der Waals surface area contributed by atoms with E-state index in [0.29, 0.717) is 12.2 Å². The predicted octanol–water partition coefficient (Wildman–Crippen LogP) is 0.212. The van der Waals surface area contributed by atoms with E-state index in [4.69, 9.17) is 10.8 Å². The fraction of sp³-hybridized carbons (Fsp3) is 0.300. The van der Waals surface area contributed by atoms with Crippen LogP contribution in [0.4, 0.5) is 11.4 Å². The van der Waals surface area contributed by atoms with Crippen LogP contribution in [0.3, 0.4) is 0 Å². The zero-order valence-corrected chi connectivity index (χ0v) is 8.72. The van der Waals surface area contributed by atoms with Crippen molar-refractivity contribution in [3.63, 3.8) is 0 Å². The number of benzene rings is 1. The Labute approximate surface area is 92.9 Å². The fourth-order valence-corrected chi connectivity index (χ4v) is 1.67. The minimum atomic E-state index is 0.0517. The van der Waals surface area contributed by atoms with Gasteiger partial charge in [0.15, 0.2) is 0 Å². The lowest BCUT2D eigenvalue weighted by atomic mass is 10.0. The molecule has 0 amide bonds. The Hall–Kier alpha value is -1.79. The van der Waals surface area contributed by atoms with Crippen molar-refractivity contribution in [1.82, 2.24) is 5.17 Å². The fourth-order valence-electron chi connectivity index (χ4n) is 1.67. The van der Waals surface area contributed by atoms with E-state index in [0.717, 1.165) is 22.0 Å². The molecule has 1 aliphatic rings. The number of rotatable bonds is 3. The van der Waals surface area contributed by atoms with Gasteiger partial charge in [-0.2, -0.15) is 10.3 Å². The van der Waals surface area contributed by atoms with Crippen LogP contribution in [0.1, 0.15) is 11.1 Å². The Kier molecular flexibility index (Phi) is 2.93. The van der Waals surface area contributed by atoms with Crippen LogP contribution in [0.2, 0.25) is 0 Å². The number of anilines is 2. The maximum absolute atomic E-state index is 9.31. The Morgan fingerprint density at radius 2 is 2.31 bits per heavy atom. The van der Waals surface area contributed by atoms with Gasteiger partial charge in [-0.15, -0.1) is 0 Å². The van der Waals surface area contributed by atoms with Gasteiger partial charge in [0.05, 0.1) is 19.4 Å². The van der Waals surface area contributed by atoms with Crippen molar-refractivity contribution in [3.05, 3.63) is 23.3 Å². The summed E-state index contributed by atoms with van der Waals surface area (Å²) in [5.41, 5.74) is 8.99. The molecule has 6 heteroatoms. The normalized spacial score (nSPS) is 13.8. The van der Waals surface area contributed by atoms with E-state index in [-0.39, 0.29) is 13.2 Å². The van der Waals surface area contributed by atoms with Crippen molar-refractivity contribution in [3.8, 4) is 0 Å². The largest absolute Gasteiger partial charge is 0.398 e. The minimum absolute atomic E-state index is 0.0517. The number of aliphatic hydroxyl groups is 1. The first kappa shape index (κ1) is 10.7. The Morgan fingerprint density at radius 3 is 3.06 bits per heavy atom. The standard InChI is InChI=1S/C10H14N4O2/c11-9-1-2-10(12-3-4-15)8-6-14(16)13-5-7(8)9/h1-2,5,12,15-16H,3-4,6,11H2. The monoisotopic (exact) mass is 222 g/mol. The number of hydrazone groups is 1. The highest BCUT2D eigenvalue weighted by molar-refractivity contribution is 5.92. The average Bonchev–Trinajstić information content (AvgIpc) is 2.28. The molecule has 1 heterocycles. The third-order valence-corrected chi connectivity index (χ3v) is 2.44. The predicted molar refractivity (Wildman–Crippen MR) is 61.4 cm³/mol. The third-order valence-electron chi connectivity index (χ3n) is 2.44. The van der Waals surface area contributed by atoms with E-state index in [1.54, 1.807) is 6.07 Å². The van der Waals surface area contributed by atoms with Crippen molar-refractivity contribution < 1.29 is 10.3 Å². The van der Waals surface area contributed by atoms with Crippen LogP contribution in [0.5, 0.6) is 0 Å². The van der Waals surface area contributed by atoms with E-state index >= 15 is 0 Å². The summed E-state index contributed by atoms with van der Waals surface area (Å²) in [7, 11) is 0. The van der Waals surface area contributed by atoms with Crippen LogP contribution < -0.4 is 11.1 Å². The lowest BCUT2D eigenvalue weighted by Gasteiger charge is -2.22. The lowest BCUT2D eigenvalue weighted by Crippen LogP contribution is -2.21. The molecule has 0 aliphatic carbocycles. The summed E-state index contributed by atoms with van der Waals surface area (Å²) < 4.78 is 0. The third kappa shape index (κ3) is 1.93. The van der Waals surface area contributed by atoms with Gasteiger partial charge in [0, 0.05) is 29.0 Å². The van der Waals surface area contributed by atoms with E-state index in [1.807, 2.05) is 6.07 Å². The summed E-state index contributed by atoms with van der Waals surface area (Å²) in [6.07, 6.45) is 1.53. The summed E-state index contributed by atoms with van der Waals surface area (Å²) in [5, 5.41) is 25.8. The molecule has 0 spiro atoms. The molecule has 1 aromatic carbocycles. The average molecular weight is 222 g/mol. The van der Waals surface area contributed by atoms with Gasteiger partial charge >= 0.3 is 0 Å². The number of aliphatic hydroxyl groups excluding tert-OH is 1. The quantitative estimate of drug-likeness (QED) is 0.548. The second-order valence-corrected chi connectivity index (χ2v) is 3.52. The van der Waals surface area contributed by atoms with Gasteiger partial charge in [0.1, 0.15) is 0 Å². The number of fused-ring (bicyclic) bond motifs is 1. The first-order valence-electron chi connectivity index (χ1n) is 4.99. The number of nitrogens with one attached hydrogen (secondary N) is 1. The molecule has 0 unspecified atom stereocenters. The molecule has 1 aromatic rings. The second-order valence-electron chi connectivity index (χ2n) is 3.52. The van der Waals surface area contributed by atoms with Crippen LogP contribution in [-0.2, 0) is 6.54 Å². The molecule has 16 heavy (non-hydrogen) atoms. The zero-order valence-electron chi connectivity index (χ0n) is 8.72. The second kappa shape index (κ2) is 4.38. The van der Waals surface area contributed by atoms with Crippen molar-refractivity contribution in [2.75, 3.05) is 24.2 Å². The van der Waals surface area contributed by atoms with Gasteiger partial charge in [0.2, 0.25) is 0 Å². The van der Waals surface area contributed by atoms with E-state index in [9.17, 15) is 5.21 Å². The van der Waals surface area contributed by atoms with Crippen molar-refractivity contribution in [2.24, 2.45) is 5.10 Å². The molecule has 0 saturated carbocycles. The van der Waals surface area contributed by atoms with E-state index in [2.05, 4.69) is 10.4 Å². The van der Waals surface area contributed by atoms with E-state index < -0.39 is 0 Å². The lowest BCUT2D eigenvalue weighted by molar-refractivity contribution is -0.0989. The molecular formula is C10H14N4O2. The number of hydrogen-bond acceptors (Lipinski definition) is 6. The smallest absolute Gasteiger partial charge is 0.0923 e. The molecule has 2 rings (SSSR count). The van der Waals surface area contributed by atoms with Crippen LogP contribution in [0.25, 0.3) is 0 Å².